The average Bonchev–Trinajstić information content (AvgIpc) is 3.30. The van der Waals surface area contributed by atoms with Gasteiger partial charge in [0.05, 0.1) is 6.04 Å². The van der Waals surface area contributed by atoms with Crippen LogP contribution in [0.25, 0.3) is 11.4 Å². The van der Waals surface area contributed by atoms with Crippen LogP contribution in [-0.2, 0) is 4.79 Å². The lowest BCUT2D eigenvalue weighted by Crippen LogP contribution is -2.48. The minimum Gasteiger partial charge on any atom is -0.485 e. The zero-order chi connectivity index (χ0) is 20.3. The van der Waals surface area contributed by atoms with Crippen molar-refractivity contribution in [3.8, 4) is 22.9 Å². The molecule has 2 aliphatic rings. The van der Waals surface area contributed by atoms with E-state index in [9.17, 15) is 4.79 Å². The maximum Gasteiger partial charge on any atom is 0.264 e. The molecule has 1 aliphatic carbocycles. The molecule has 0 bridgehead atoms. The van der Waals surface area contributed by atoms with Crippen LogP contribution in [0.3, 0.4) is 0 Å². The van der Waals surface area contributed by atoms with Crippen LogP contribution in [-0.4, -0.2) is 44.9 Å². The Labute approximate surface area is 174 Å². The molecule has 3 aromatic rings. The first-order valence-electron chi connectivity index (χ1n) is 10.3. The molecule has 1 N–H and O–H groups in total. The quantitative estimate of drug-likeness (QED) is 0.718. The lowest BCUT2D eigenvalue weighted by atomic mass is 9.91. The fourth-order valence-corrected chi connectivity index (χ4v) is 3.98. The van der Waals surface area contributed by atoms with Gasteiger partial charge in [-0.15, -0.1) is 10.2 Å². The first kappa shape index (κ1) is 18.6. The van der Waals surface area contributed by atoms with E-state index >= 15 is 0 Å². The van der Waals surface area contributed by atoms with Gasteiger partial charge in [-0.05, 0) is 43.0 Å². The molecule has 1 amide bonds. The molecule has 1 unspecified atom stereocenters. The Bertz CT molecular complexity index is 1010. The zero-order valence-electron chi connectivity index (χ0n) is 16.5. The van der Waals surface area contributed by atoms with Gasteiger partial charge in [-0.1, -0.05) is 42.5 Å². The van der Waals surface area contributed by atoms with E-state index in [4.69, 9.17) is 9.47 Å². The van der Waals surface area contributed by atoms with Crippen molar-refractivity contribution in [3.05, 3.63) is 54.6 Å². The highest BCUT2D eigenvalue weighted by molar-refractivity contribution is 5.82. The second-order valence-electron chi connectivity index (χ2n) is 7.68. The van der Waals surface area contributed by atoms with Gasteiger partial charge in [0.2, 0.25) is 11.9 Å². The predicted octanol–water partition coefficient (Wildman–Crippen LogP) is 2.78. The standard InChI is InChI=1S/C22H23N5O3/c28-22(20-14-29-18-8-4-5-9-19(18)30-20)23-16-10-12-17(13-11-16)27-25-21(24-26-27)15-6-2-1-3-7-15/h1-9,16-17,20H,10-14H2,(H,23,28). The number of nitrogens with one attached hydrogen (secondary N) is 1. The fraction of sp³-hybridized carbons (Fsp3) is 0.364. The highest BCUT2D eigenvalue weighted by Crippen LogP contribution is 2.31. The lowest BCUT2D eigenvalue weighted by Gasteiger charge is -2.31. The summed E-state index contributed by atoms with van der Waals surface area (Å²) in [4.78, 5) is 14.3. The average molecular weight is 405 g/mol. The molecule has 2 heterocycles. The van der Waals surface area contributed by atoms with Gasteiger partial charge in [-0.25, -0.2) is 0 Å². The van der Waals surface area contributed by atoms with E-state index < -0.39 is 6.10 Å². The van der Waals surface area contributed by atoms with Crippen molar-refractivity contribution >= 4 is 5.91 Å². The molecule has 154 valence electrons. The van der Waals surface area contributed by atoms with Crippen LogP contribution in [0, 0.1) is 0 Å². The zero-order valence-corrected chi connectivity index (χ0v) is 16.5. The lowest BCUT2D eigenvalue weighted by molar-refractivity contribution is -0.131. The summed E-state index contributed by atoms with van der Waals surface area (Å²) < 4.78 is 11.4. The van der Waals surface area contributed by atoms with Crippen molar-refractivity contribution in [2.75, 3.05) is 6.61 Å². The summed E-state index contributed by atoms with van der Waals surface area (Å²) in [5, 5.41) is 16.1. The van der Waals surface area contributed by atoms with Crippen molar-refractivity contribution in [3.63, 3.8) is 0 Å². The van der Waals surface area contributed by atoms with Crippen molar-refractivity contribution < 1.29 is 14.3 Å². The molecule has 2 aromatic carbocycles. The number of fused-ring (bicyclic) bond motifs is 1. The molecule has 8 heteroatoms. The first-order valence-corrected chi connectivity index (χ1v) is 10.3. The number of ether oxygens (including phenoxy) is 2. The number of hydrogen-bond donors (Lipinski definition) is 1. The number of aromatic nitrogens is 4. The summed E-state index contributed by atoms with van der Waals surface area (Å²) in [6.45, 7) is 0.226. The SMILES string of the molecule is O=C(NC1CCC(n2nnc(-c3ccccc3)n2)CC1)C1COc2ccccc2O1. The molecule has 8 nitrogen and oxygen atoms in total. The molecule has 30 heavy (non-hydrogen) atoms. The van der Waals surface area contributed by atoms with Gasteiger partial charge < -0.3 is 14.8 Å². The van der Waals surface area contributed by atoms with Crippen molar-refractivity contribution in [1.29, 1.82) is 0 Å². The van der Waals surface area contributed by atoms with Gasteiger partial charge >= 0.3 is 0 Å². The number of amides is 1. The first-order chi connectivity index (χ1) is 14.8. The number of carbonyl (C=O) groups excluding carboxylic acids is 1. The molecule has 5 rings (SSSR count). The number of tetrazole rings is 1. The van der Waals surface area contributed by atoms with Crippen molar-refractivity contribution in [2.24, 2.45) is 0 Å². The Morgan fingerprint density at radius 1 is 0.967 bits per heavy atom. The molecule has 0 saturated heterocycles. The summed E-state index contributed by atoms with van der Waals surface area (Å²) in [6.07, 6.45) is 2.88. The molecule has 1 saturated carbocycles. The minimum absolute atomic E-state index is 0.117. The van der Waals surface area contributed by atoms with Gasteiger partial charge in [0.1, 0.15) is 6.61 Å². The number of benzene rings is 2. The van der Waals surface area contributed by atoms with Crippen molar-refractivity contribution in [1.82, 2.24) is 25.5 Å². The van der Waals surface area contributed by atoms with E-state index in [1.165, 1.54) is 0 Å². The van der Waals surface area contributed by atoms with E-state index in [0.29, 0.717) is 17.3 Å². The maximum atomic E-state index is 12.6. The van der Waals surface area contributed by atoms with Crippen LogP contribution < -0.4 is 14.8 Å². The van der Waals surface area contributed by atoms with Gasteiger partial charge in [0.25, 0.3) is 5.91 Å². The number of nitrogens with zero attached hydrogens (tertiary/aromatic N) is 4. The Morgan fingerprint density at radius 2 is 1.70 bits per heavy atom. The highest BCUT2D eigenvalue weighted by Gasteiger charge is 2.31. The van der Waals surface area contributed by atoms with Gasteiger partial charge in [-0.2, -0.15) is 4.80 Å². The third kappa shape index (κ3) is 3.85. The highest BCUT2D eigenvalue weighted by atomic mass is 16.6. The van der Waals surface area contributed by atoms with Crippen LogP contribution in [0.4, 0.5) is 0 Å². The molecule has 1 atom stereocenters. The summed E-state index contributed by atoms with van der Waals surface area (Å²) in [5.41, 5.74) is 0.959. The smallest absolute Gasteiger partial charge is 0.264 e. The fourth-order valence-electron chi connectivity index (χ4n) is 3.98. The summed E-state index contributed by atoms with van der Waals surface area (Å²) in [6, 6.07) is 17.6. The molecular formula is C22H23N5O3. The van der Waals surface area contributed by atoms with E-state index in [-0.39, 0.29) is 24.6 Å². The number of hydrogen-bond acceptors (Lipinski definition) is 6. The van der Waals surface area contributed by atoms with Gasteiger partial charge in [-0.3, -0.25) is 4.79 Å². The Balaban J connectivity index is 1.14. The Hall–Kier alpha value is -3.42. The Morgan fingerprint density at radius 3 is 2.50 bits per heavy atom. The second-order valence-corrected chi connectivity index (χ2v) is 7.68. The van der Waals surface area contributed by atoms with Crippen LogP contribution in [0.1, 0.15) is 31.7 Å². The molecule has 1 fully saturated rings. The van der Waals surface area contributed by atoms with Crippen LogP contribution in [0.2, 0.25) is 0 Å². The number of para-hydroxylation sites is 2. The third-order valence-corrected chi connectivity index (χ3v) is 5.63. The minimum atomic E-state index is -0.622. The normalized spacial score (nSPS) is 23.0. The van der Waals surface area contributed by atoms with E-state index in [2.05, 4.69) is 20.7 Å². The van der Waals surface area contributed by atoms with Crippen molar-refractivity contribution in [2.45, 2.75) is 43.9 Å². The topological polar surface area (TPSA) is 91.2 Å². The third-order valence-electron chi connectivity index (χ3n) is 5.63. The summed E-state index contributed by atoms with van der Waals surface area (Å²) in [5.74, 6) is 1.80. The summed E-state index contributed by atoms with van der Waals surface area (Å²) in [7, 11) is 0. The monoisotopic (exact) mass is 405 g/mol. The van der Waals surface area contributed by atoms with Gasteiger partial charge in [0.15, 0.2) is 11.5 Å². The summed E-state index contributed by atoms with van der Waals surface area (Å²) >= 11 is 0. The van der Waals surface area contributed by atoms with Crippen LogP contribution in [0.15, 0.2) is 54.6 Å². The van der Waals surface area contributed by atoms with Crippen LogP contribution in [0.5, 0.6) is 11.5 Å². The molecular weight excluding hydrogens is 382 g/mol. The molecule has 0 spiro atoms. The van der Waals surface area contributed by atoms with E-state index in [0.717, 1.165) is 31.2 Å². The maximum absolute atomic E-state index is 12.6. The molecule has 1 aliphatic heterocycles. The van der Waals surface area contributed by atoms with E-state index in [1.807, 2.05) is 54.6 Å². The molecule has 0 radical (unpaired) electrons. The number of carbonyl (C=O) groups is 1. The molecule has 1 aromatic heterocycles. The largest absolute Gasteiger partial charge is 0.485 e. The van der Waals surface area contributed by atoms with E-state index in [1.54, 1.807) is 4.80 Å². The van der Waals surface area contributed by atoms with Crippen LogP contribution >= 0.6 is 0 Å². The van der Waals surface area contributed by atoms with Gasteiger partial charge in [0, 0.05) is 11.6 Å². The second kappa shape index (κ2) is 8.14. The predicted molar refractivity (Wildman–Crippen MR) is 109 cm³/mol. The Kier molecular flexibility index (Phi) is 5.04. The number of rotatable bonds is 4.